The minimum atomic E-state index is -0.0751. The maximum atomic E-state index is 12.2. The summed E-state index contributed by atoms with van der Waals surface area (Å²) in [6.07, 6.45) is 3.62. The van der Waals surface area contributed by atoms with Crippen LogP contribution in [0.25, 0.3) is 0 Å². The zero-order valence-electron chi connectivity index (χ0n) is 12.2. The molecule has 0 aliphatic carbocycles. The lowest BCUT2D eigenvalue weighted by Crippen LogP contribution is -2.33. The second-order valence-corrected chi connectivity index (χ2v) is 5.37. The zero-order valence-corrected chi connectivity index (χ0v) is 13.1. The van der Waals surface area contributed by atoms with Crippen LogP contribution in [0.1, 0.15) is 10.4 Å². The first kappa shape index (κ1) is 15.4. The molecular formula is C16H19N3OS. The minimum Gasteiger partial charge on any atom is -0.373 e. The number of benzene rings is 1. The highest BCUT2D eigenvalue weighted by atomic mass is 32.2. The van der Waals surface area contributed by atoms with E-state index in [1.807, 2.05) is 31.5 Å². The summed E-state index contributed by atoms with van der Waals surface area (Å²) >= 11 is 1.48. The zero-order chi connectivity index (χ0) is 15.1. The van der Waals surface area contributed by atoms with Crippen LogP contribution in [0.4, 0.5) is 5.69 Å². The molecule has 0 radical (unpaired) electrons. The lowest BCUT2D eigenvalue weighted by atomic mass is 10.2. The molecule has 0 fully saturated rings. The van der Waals surface area contributed by atoms with Gasteiger partial charge in [0.1, 0.15) is 5.03 Å². The topological polar surface area (TPSA) is 45.2 Å². The summed E-state index contributed by atoms with van der Waals surface area (Å²) in [6, 6.07) is 13.7. The fourth-order valence-electron chi connectivity index (χ4n) is 1.97. The van der Waals surface area contributed by atoms with E-state index in [1.165, 1.54) is 11.8 Å². The van der Waals surface area contributed by atoms with Crippen LogP contribution >= 0.6 is 11.8 Å². The molecule has 5 heteroatoms. The van der Waals surface area contributed by atoms with Crippen LogP contribution in [0.3, 0.4) is 0 Å². The van der Waals surface area contributed by atoms with Gasteiger partial charge in [0.2, 0.25) is 0 Å². The third-order valence-corrected chi connectivity index (χ3v) is 3.85. The fraction of sp³-hybridized carbons (Fsp3) is 0.250. The molecule has 1 aromatic carbocycles. The van der Waals surface area contributed by atoms with E-state index < -0.39 is 0 Å². The monoisotopic (exact) mass is 301 g/mol. The van der Waals surface area contributed by atoms with Crippen LogP contribution in [0.2, 0.25) is 0 Å². The molecule has 1 amide bonds. The molecule has 2 aromatic rings. The predicted octanol–water partition coefficient (Wildman–Crippen LogP) is 2.67. The summed E-state index contributed by atoms with van der Waals surface area (Å²) in [5, 5.41) is 3.70. The van der Waals surface area contributed by atoms with Gasteiger partial charge in [-0.3, -0.25) is 4.79 Å². The Morgan fingerprint density at radius 1 is 1.24 bits per heavy atom. The van der Waals surface area contributed by atoms with Crippen LogP contribution in [0.15, 0.2) is 53.7 Å². The Kier molecular flexibility index (Phi) is 5.63. The number of para-hydroxylation sites is 1. The molecule has 0 spiro atoms. The average Bonchev–Trinajstić information content (AvgIpc) is 2.55. The van der Waals surface area contributed by atoms with Crippen LogP contribution in [-0.2, 0) is 0 Å². The summed E-state index contributed by atoms with van der Waals surface area (Å²) < 4.78 is 0. The standard InChI is InChI=1S/C16H19N3OS/c1-19(13-7-4-3-5-8-13)12-11-17-15(20)14-9-6-10-18-16(14)21-2/h3-10H,11-12H2,1-2H3,(H,17,20). The summed E-state index contributed by atoms with van der Waals surface area (Å²) in [4.78, 5) is 18.5. The van der Waals surface area contributed by atoms with Crippen molar-refractivity contribution in [3.05, 3.63) is 54.2 Å². The first-order valence-corrected chi connectivity index (χ1v) is 7.98. The first-order valence-electron chi connectivity index (χ1n) is 6.75. The van der Waals surface area contributed by atoms with Gasteiger partial charge >= 0.3 is 0 Å². The molecule has 0 unspecified atom stereocenters. The van der Waals surface area contributed by atoms with Crippen LogP contribution in [0.5, 0.6) is 0 Å². The minimum absolute atomic E-state index is 0.0751. The van der Waals surface area contributed by atoms with E-state index in [-0.39, 0.29) is 5.91 Å². The Hall–Kier alpha value is -2.01. The van der Waals surface area contributed by atoms with Crippen molar-refractivity contribution in [2.45, 2.75) is 5.03 Å². The van der Waals surface area contributed by atoms with Crippen LogP contribution in [-0.4, -0.2) is 37.3 Å². The van der Waals surface area contributed by atoms with E-state index >= 15 is 0 Å². The number of carbonyl (C=O) groups excluding carboxylic acids is 1. The molecule has 0 aliphatic heterocycles. The van der Waals surface area contributed by atoms with E-state index in [4.69, 9.17) is 0 Å². The lowest BCUT2D eigenvalue weighted by molar-refractivity contribution is 0.0951. The number of thioether (sulfide) groups is 1. The van der Waals surface area contributed by atoms with Crippen molar-refractivity contribution in [2.24, 2.45) is 0 Å². The number of hydrogen-bond donors (Lipinski definition) is 1. The summed E-state index contributed by atoms with van der Waals surface area (Å²) in [5.74, 6) is -0.0751. The molecule has 0 saturated heterocycles. The van der Waals surface area contributed by atoms with Gasteiger partial charge in [-0.15, -0.1) is 11.8 Å². The Morgan fingerprint density at radius 2 is 2.00 bits per heavy atom. The molecule has 1 aromatic heterocycles. The highest BCUT2D eigenvalue weighted by Gasteiger charge is 2.11. The summed E-state index contributed by atoms with van der Waals surface area (Å²) in [6.45, 7) is 1.34. The van der Waals surface area contributed by atoms with Gasteiger partial charge in [0.15, 0.2) is 0 Å². The summed E-state index contributed by atoms with van der Waals surface area (Å²) in [7, 11) is 2.01. The number of likely N-dealkylation sites (N-methyl/N-ethyl adjacent to an activating group) is 1. The van der Waals surface area contributed by atoms with Crippen molar-refractivity contribution in [1.82, 2.24) is 10.3 Å². The molecule has 0 atom stereocenters. The van der Waals surface area contributed by atoms with Gasteiger partial charge in [-0.1, -0.05) is 18.2 Å². The van der Waals surface area contributed by atoms with E-state index in [1.54, 1.807) is 18.3 Å². The number of carbonyl (C=O) groups is 1. The van der Waals surface area contributed by atoms with Gasteiger partial charge in [-0.2, -0.15) is 0 Å². The quantitative estimate of drug-likeness (QED) is 0.833. The number of anilines is 1. The second-order valence-electron chi connectivity index (χ2n) is 4.57. The van der Waals surface area contributed by atoms with Crippen molar-refractivity contribution in [2.75, 3.05) is 31.3 Å². The number of pyridine rings is 1. The molecule has 2 rings (SSSR count). The number of rotatable bonds is 6. The van der Waals surface area contributed by atoms with Gasteiger partial charge in [0.25, 0.3) is 5.91 Å². The van der Waals surface area contributed by atoms with Gasteiger partial charge in [-0.05, 0) is 30.5 Å². The lowest BCUT2D eigenvalue weighted by Gasteiger charge is -2.19. The Morgan fingerprint density at radius 3 is 2.71 bits per heavy atom. The van der Waals surface area contributed by atoms with E-state index in [0.717, 1.165) is 17.3 Å². The maximum Gasteiger partial charge on any atom is 0.254 e. The molecule has 21 heavy (non-hydrogen) atoms. The fourth-order valence-corrected chi connectivity index (χ4v) is 2.52. The van der Waals surface area contributed by atoms with Crippen molar-refractivity contribution in [3.8, 4) is 0 Å². The van der Waals surface area contributed by atoms with Gasteiger partial charge in [0.05, 0.1) is 5.56 Å². The Balaban J connectivity index is 1.87. The highest BCUT2D eigenvalue weighted by molar-refractivity contribution is 7.98. The largest absolute Gasteiger partial charge is 0.373 e. The molecule has 1 heterocycles. The van der Waals surface area contributed by atoms with E-state index in [2.05, 4.69) is 27.3 Å². The Labute approximate surface area is 129 Å². The smallest absolute Gasteiger partial charge is 0.254 e. The SMILES string of the molecule is CSc1ncccc1C(=O)NCCN(C)c1ccccc1. The van der Waals surface area contributed by atoms with E-state index in [0.29, 0.717) is 12.1 Å². The molecular weight excluding hydrogens is 282 g/mol. The molecule has 4 nitrogen and oxygen atoms in total. The number of amides is 1. The molecule has 0 aliphatic rings. The van der Waals surface area contributed by atoms with Crippen molar-refractivity contribution >= 4 is 23.4 Å². The molecule has 110 valence electrons. The van der Waals surface area contributed by atoms with Gasteiger partial charge < -0.3 is 10.2 Å². The van der Waals surface area contributed by atoms with Gasteiger partial charge in [0, 0.05) is 32.0 Å². The summed E-state index contributed by atoms with van der Waals surface area (Å²) in [5.41, 5.74) is 1.77. The predicted molar refractivity (Wildman–Crippen MR) is 88.1 cm³/mol. The first-order chi connectivity index (χ1) is 10.2. The number of aromatic nitrogens is 1. The number of nitrogens with one attached hydrogen (secondary N) is 1. The van der Waals surface area contributed by atoms with Crippen LogP contribution < -0.4 is 10.2 Å². The van der Waals surface area contributed by atoms with Crippen molar-refractivity contribution in [3.63, 3.8) is 0 Å². The van der Waals surface area contributed by atoms with E-state index in [9.17, 15) is 4.79 Å². The molecule has 1 N–H and O–H groups in total. The average molecular weight is 301 g/mol. The second kappa shape index (κ2) is 7.69. The third kappa shape index (κ3) is 4.23. The Bertz CT molecular complexity index is 589. The highest BCUT2D eigenvalue weighted by Crippen LogP contribution is 2.16. The molecule has 0 saturated carbocycles. The number of hydrogen-bond acceptors (Lipinski definition) is 4. The van der Waals surface area contributed by atoms with Gasteiger partial charge in [-0.25, -0.2) is 4.98 Å². The number of nitrogens with zero attached hydrogens (tertiary/aromatic N) is 2. The maximum absolute atomic E-state index is 12.2. The van der Waals surface area contributed by atoms with Crippen molar-refractivity contribution < 1.29 is 4.79 Å². The third-order valence-electron chi connectivity index (χ3n) is 3.14. The molecule has 0 bridgehead atoms. The normalized spacial score (nSPS) is 10.2. The van der Waals surface area contributed by atoms with Crippen molar-refractivity contribution in [1.29, 1.82) is 0 Å². The van der Waals surface area contributed by atoms with Crippen LogP contribution in [0, 0.1) is 0 Å².